The van der Waals surface area contributed by atoms with Gasteiger partial charge in [-0.3, -0.25) is 0 Å². The van der Waals surface area contributed by atoms with Gasteiger partial charge in [0.05, 0.1) is 6.61 Å². The van der Waals surface area contributed by atoms with Crippen molar-refractivity contribution in [1.82, 2.24) is 0 Å². The zero-order chi connectivity index (χ0) is 10.4. The minimum absolute atomic E-state index is 0.247. The molecule has 0 aliphatic rings. The van der Waals surface area contributed by atoms with Crippen LogP contribution in [-0.4, -0.2) is 13.2 Å². The van der Waals surface area contributed by atoms with Crippen molar-refractivity contribution in [2.45, 2.75) is 13.3 Å². The van der Waals surface area contributed by atoms with Gasteiger partial charge in [-0.05, 0) is 37.2 Å². The highest BCUT2D eigenvalue weighted by atomic mass is 19.1. The highest BCUT2D eigenvalue weighted by Crippen LogP contribution is 2.12. The molecule has 1 aromatic rings. The van der Waals surface area contributed by atoms with Crippen LogP contribution in [0.2, 0.25) is 0 Å². The molecule has 0 heterocycles. The minimum Gasteiger partial charge on any atom is -0.493 e. The van der Waals surface area contributed by atoms with Crippen LogP contribution < -0.4 is 10.5 Å². The van der Waals surface area contributed by atoms with Gasteiger partial charge in [0.2, 0.25) is 0 Å². The van der Waals surface area contributed by atoms with E-state index in [0.29, 0.717) is 24.8 Å². The number of hydrogen-bond acceptors (Lipinski definition) is 2. The van der Waals surface area contributed by atoms with Gasteiger partial charge in [-0.2, -0.15) is 0 Å². The number of hydrogen-bond donors (Lipinski definition) is 1. The zero-order valence-electron chi connectivity index (χ0n) is 8.37. The van der Waals surface area contributed by atoms with Crippen LogP contribution in [0.1, 0.15) is 13.3 Å². The Hall–Kier alpha value is -1.09. The average Bonchev–Trinajstić information content (AvgIpc) is 2.22. The van der Waals surface area contributed by atoms with E-state index in [1.54, 1.807) is 12.1 Å². The van der Waals surface area contributed by atoms with Crippen LogP contribution in [0.5, 0.6) is 5.75 Å². The second-order valence-electron chi connectivity index (χ2n) is 3.27. The van der Waals surface area contributed by atoms with Crippen molar-refractivity contribution in [3.8, 4) is 5.75 Å². The number of halogens is 1. The molecular formula is C11H16FNO. The van der Waals surface area contributed by atoms with E-state index in [2.05, 4.69) is 6.92 Å². The molecule has 0 aromatic heterocycles. The number of ether oxygens (including phenoxy) is 1. The summed E-state index contributed by atoms with van der Waals surface area (Å²) in [5.41, 5.74) is 5.53. The Morgan fingerprint density at radius 2 is 2.00 bits per heavy atom. The normalized spacial score (nSPS) is 12.5. The fraction of sp³-hybridized carbons (Fsp3) is 0.455. The van der Waals surface area contributed by atoms with E-state index in [0.717, 1.165) is 6.42 Å². The summed E-state index contributed by atoms with van der Waals surface area (Å²) in [6, 6.07) is 6.02. The van der Waals surface area contributed by atoms with Crippen LogP contribution in [0.15, 0.2) is 24.3 Å². The van der Waals surface area contributed by atoms with Gasteiger partial charge in [0, 0.05) is 5.92 Å². The lowest BCUT2D eigenvalue weighted by Gasteiger charge is -2.13. The first kappa shape index (κ1) is 11.0. The maximum absolute atomic E-state index is 12.5. The first-order chi connectivity index (χ1) is 6.76. The minimum atomic E-state index is -0.247. The van der Waals surface area contributed by atoms with E-state index in [-0.39, 0.29) is 5.82 Å². The predicted octanol–water partition coefficient (Wildman–Crippen LogP) is 2.19. The van der Waals surface area contributed by atoms with Crippen molar-refractivity contribution in [3.05, 3.63) is 30.1 Å². The summed E-state index contributed by atoms with van der Waals surface area (Å²) < 4.78 is 18.0. The van der Waals surface area contributed by atoms with Gasteiger partial charge in [-0.25, -0.2) is 4.39 Å². The Kier molecular flexibility index (Phi) is 4.40. The summed E-state index contributed by atoms with van der Waals surface area (Å²) in [5, 5.41) is 0. The molecule has 0 bridgehead atoms. The van der Waals surface area contributed by atoms with E-state index in [9.17, 15) is 4.39 Å². The molecule has 0 amide bonds. The lowest BCUT2D eigenvalue weighted by Crippen LogP contribution is -2.20. The molecular weight excluding hydrogens is 181 g/mol. The van der Waals surface area contributed by atoms with E-state index in [1.165, 1.54) is 12.1 Å². The quantitative estimate of drug-likeness (QED) is 0.785. The molecule has 2 N–H and O–H groups in total. The molecule has 78 valence electrons. The summed E-state index contributed by atoms with van der Waals surface area (Å²) >= 11 is 0. The topological polar surface area (TPSA) is 35.2 Å². The standard InChI is InChI=1S/C11H16FNO/c1-2-9(7-13)8-14-11-5-3-10(12)4-6-11/h3-6,9H,2,7-8,13H2,1H3. The Balaban J connectivity index is 2.41. The van der Waals surface area contributed by atoms with Crippen molar-refractivity contribution in [2.75, 3.05) is 13.2 Å². The summed E-state index contributed by atoms with van der Waals surface area (Å²) in [7, 11) is 0. The van der Waals surface area contributed by atoms with Gasteiger partial charge in [0.15, 0.2) is 0 Å². The molecule has 0 saturated carbocycles. The molecule has 0 saturated heterocycles. The summed E-state index contributed by atoms with van der Waals surface area (Å²) in [6.45, 7) is 3.29. The van der Waals surface area contributed by atoms with E-state index in [4.69, 9.17) is 10.5 Å². The van der Waals surface area contributed by atoms with Gasteiger partial charge in [0.1, 0.15) is 11.6 Å². The molecule has 0 spiro atoms. The first-order valence-corrected chi connectivity index (χ1v) is 4.84. The average molecular weight is 197 g/mol. The Labute approximate surface area is 83.9 Å². The second-order valence-corrected chi connectivity index (χ2v) is 3.27. The molecule has 1 atom stereocenters. The largest absolute Gasteiger partial charge is 0.493 e. The van der Waals surface area contributed by atoms with E-state index < -0.39 is 0 Å². The van der Waals surface area contributed by atoms with Crippen molar-refractivity contribution in [3.63, 3.8) is 0 Å². The molecule has 0 aliphatic carbocycles. The van der Waals surface area contributed by atoms with E-state index >= 15 is 0 Å². The van der Waals surface area contributed by atoms with Crippen LogP contribution in [0.3, 0.4) is 0 Å². The smallest absolute Gasteiger partial charge is 0.123 e. The maximum Gasteiger partial charge on any atom is 0.123 e. The molecule has 0 fully saturated rings. The molecule has 14 heavy (non-hydrogen) atoms. The first-order valence-electron chi connectivity index (χ1n) is 4.84. The fourth-order valence-corrected chi connectivity index (χ4v) is 1.10. The third kappa shape index (κ3) is 3.34. The van der Waals surface area contributed by atoms with Gasteiger partial charge < -0.3 is 10.5 Å². The second kappa shape index (κ2) is 5.60. The molecule has 3 heteroatoms. The third-order valence-electron chi connectivity index (χ3n) is 2.21. The van der Waals surface area contributed by atoms with Crippen LogP contribution >= 0.6 is 0 Å². The molecule has 2 nitrogen and oxygen atoms in total. The van der Waals surface area contributed by atoms with Gasteiger partial charge in [0.25, 0.3) is 0 Å². The Morgan fingerprint density at radius 1 is 1.36 bits per heavy atom. The van der Waals surface area contributed by atoms with Crippen LogP contribution in [0, 0.1) is 11.7 Å². The molecule has 0 aliphatic heterocycles. The van der Waals surface area contributed by atoms with Crippen LogP contribution in [0.25, 0.3) is 0 Å². The van der Waals surface area contributed by atoms with Gasteiger partial charge >= 0.3 is 0 Å². The summed E-state index contributed by atoms with van der Waals surface area (Å²) in [5.74, 6) is 0.821. The SMILES string of the molecule is CCC(CN)COc1ccc(F)cc1. The van der Waals surface area contributed by atoms with Crippen molar-refractivity contribution >= 4 is 0 Å². The van der Waals surface area contributed by atoms with Crippen LogP contribution in [-0.2, 0) is 0 Å². The highest BCUT2D eigenvalue weighted by molar-refractivity contribution is 5.21. The fourth-order valence-electron chi connectivity index (χ4n) is 1.10. The molecule has 0 radical (unpaired) electrons. The number of rotatable bonds is 5. The maximum atomic E-state index is 12.5. The van der Waals surface area contributed by atoms with E-state index in [1.807, 2.05) is 0 Å². The number of nitrogens with two attached hydrogens (primary N) is 1. The summed E-state index contributed by atoms with van der Waals surface area (Å²) in [4.78, 5) is 0. The van der Waals surface area contributed by atoms with Gasteiger partial charge in [-0.15, -0.1) is 0 Å². The predicted molar refractivity (Wildman–Crippen MR) is 54.7 cm³/mol. The monoisotopic (exact) mass is 197 g/mol. The lowest BCUT2D eigenvalue weighted by atomic mass is 10.1. The van der Waals surface area contributed by atoms with Gasteiger partial charge in [-0.1, -0.05) is 6.92 Å². The Morgan fingerprint density at radius 3 is 2.50 bits per heavy atom. The van der Waals surface area contributed by atoms with Crippen molar-refractivity contribution in [1.29, 1.82) is 0 Å². The molecule has 1 aromatic carbocycles. The van der Waals surface area contributed by atoms with Crippen LogP contribution in [0.4, 0.5) is 4.39 Å². The van der Waals surface area contributed by atoms with Crippen molar-refractivity contribution < 1.29 is 9.13 Å². The highest BCUT2D eigenvalue weighted by Gasteiger charge is 2.04. The number of benzene rings is 1. The zero-order valence-corrected chi connectivity index (χ0v) is 8.37. The molecule has 1 rings (SSSR count). The lowest BCUT2D eigenvalue weighted by molar-refractivity contribution is 0.248. The summed E-state index contributed by atoms with van der Waals surface area (Å²) in [6.07, 6.45) is 0.998. The Bertz CT molecular complexity index is 256. The van der Waals surface area contributed by atoms with Crippen molar-refractivity contribution in [2.24, 2.45) is 11.7 Å². The third-order valence-corrected chi connectivity index (χ3v) is 2.21. The molecule has 1 unspecified atom stereocenters.